The van der Waals surface area contributed by atoms with E-state index in [0.29, 0.717) is 19.3 Å². The van der Waals surface area contributed by atoms with Crippen molar-refractivity contribution < 1.29 is 28.6 Å². The van der Waals surface area contributed by atoms with E-state index >= 15 is 0 Å². The lowest BCUT2D eigenvalue weighted by atomic mass is 10.0. The van der Waals surface area contributed by atoms with Crippen LogP contribution < -0.4 is 0 Å². The molecule has 352 valence electrons. The molecule has 6 heteroatoms. The van der Waals surface area contributed by atoms with E-state index in [1.165, 1.54) is 154 Å². The lowest BCUT2D eigenvalue weighted by Gasteiger charge is -2.18. The summed E-state index contributed by atoms with van der Waals surface area (Å²) in [6.45, 7) is 6.45. The molecule has 0 N–H and O–H groups in total. The van der Waals surface area contributed by atoms with E-state index in [4.69, 9.17) is 14.2 Å². The summed E-state index contributed by atoms with van der Waals surface area (Å²) in [6, 6.07) is 0. The Morgan fingerprint density at radius 3 is 0.984 bits per heavy atom. The van der Waals surface area contributed by atoms with Crippen LogP contribution >= 0.6 is 0 Å². The summed E-state index contributed by atoms with van der Waals surface area (Å²) >= 11 is 0. The maximum absolute atomic E-state index is 12.7. The molecule has 0 aromatic rings. The molecule has 0 aromatic heterocycles. The van der Waals surface area contributed by atoms with Gasteiger partial charge < -0.3 is 14.2 Å². The molecule has 1 unspecified atom stereocenters. The highest BCUT2D eigenvalue weighted by molar-refractivity contribution is 5.71. The van der Waals surface area contributed by atoms with Gasteiger partial charge >= 0.3 is 17.9 Å². The number of ether oxygens (including phenoxy) is 3. The van der Waals surface area contributed by atoms with Crippen LogP contribution in [-0.4, -0.2) is 37.2 Å². The summed E-state index contributed by atoms with van der Waals surface area (Å²) in [7, 11) is 0. The van der Waals surface area contributed by atoms with Crippen LogP contribution in [0.4, 0.5) is 0 Å². The Hall–Kier alpha value is -2.89. The first kappa shape index (κ1) is 58.1. The van der Waals surface area contributed by atoms with Gasteiger partial charge in [-0.3, -0.25) is 14.4 Å². The summed E-state index contributed by atoms with van der Waals surface area (Å²) in [5.74, 6) is -0.966. The van der Waals surface area contributed by atoms with Crippen molar-refractivity contribution in [3.05, 3.63) is 60.8 Å². The van der Waals surface area contributed by atoms with Crippen molar-refractivity contribution in [2.24, 2.45) is 0 Å². The van der Waals surface area contributed by atoms with Crippen molar-refractivity contribution in [1.82, 2.24) is 0 Å². The molecule has 0 bridgehead atoms. The molecule has 0 fully saturated rings. The predicted octanol–water partition coefficient (Wildman–Crippen LogP) is 16.9. The van der Waals surface area contributed by atoms with E-state index in [2.05, 4.69) is 26.8 Å². The van der Waals surface area contributed by atoms with E-state index < -0.39 is 6.10 Å². The number of allylic oxidation sites excluding steroid dienone is 10. The second kappa shape index (κ2) is 49.8. The monoisotopic (exact) mass is 853 g/mol. The van der Waals surface area contributed by atoms with Crippen LogP contribution in [0.1, 0.15) is 252 Å². The fourth-order valence-corrected chi connectivity index (χ4v) is 7.30. The molecule has 1 atom stereocenters. The lowest BCUT2D eigenvalue weighted by molar-refractivity contribution is -0.167. The third-order valence-corrected chi connectivity index (χ3v) is 11.2. The number of rotatable bonds is 46. The molecule has 0 radical (unpaired) electrons. The van der Waals surface area contributed by atoms with Gasteiger partial charge in [-0.25, -0.2) is 0 Å². The lowest BCUT2D eigenvalue weighted by Crippen LogP contribution is -2.30. The summed E-state index contributed by atoms with van der Waals surface area (Å²) in [6.07, 6.45) is 60.7. The predicted molar refractivity (Wildman–Crippen MR) is 261 cm³/mol. The van der Waals surface area contributed by atoms with Crippen LogP contribution in [0.25, 0.3) is 0 Å². The molecule has 6 nitrogen and oxygen atoms in total. The number of carbonyl (C=O) groups excluding carboxylic acids is 3. The second-order valence-corrected chi connectivity index (χ2v) is 17.2. The van der Waals surface area contributed by atoms with Gasteiger partial charge in [-0.15, -0.1) is 0 Å². The fourth-order valence-electron chi connectivity index (χ4n) is 7.30. The summed E-state index contributed by atoms with van der Waals surface area (Å²) in [5.41, 5.74) is 0. The summed E-state index contributed by atoms with van der Waals surface area (Å²) < 4.78 is 16.7. The number of unbranched alkanes of at least 4 members (excludes halogenated alkanes) is 29. The molecule has 0 aliphatic carbocycles. The van der Waals surface area contributed by atoms with Gasteiger partial charge in [0.05, 0.1) is 0 Å². The Morgan fingerprint density at radius 1 is 0.344 bits per heavy atom. The van der Waals surface area contributed by atoms with Crippen molar-refractivity contribution in [2.75, 3.05) is 13.2 Å². The van der Waals surface area contributed by atoms with Crippen molar-refractivity contribution >= 4 is 17.9 Å². The average molecular weight is 853 g/mol. The highest BCUT2D eigenvalue weighted by Crippen LogP contribution is 2.16. The van der Waals surface area contributed by atoms with Crippen molar-refractivity contribution in [1.29, 1.82) is 0 Å². The van der Waals surface area contributed by atoms with Gasteiger partial charge in [0.2, 0.25) is 0 Å². The topological polar surface area (TPSA) is 78.9 Å². The molecule has 61 heavy (non-hydrogen) atoms. The van der Waals surface area contributed by atoms with Crippen molar-refractivity contribution in [3.8, 4) is 0 Å². The molecule has 0 heterocycles. The highest BCUT2D eigenvalue weighted by atomic mass is 16.6. The van der Waals surface area contributed by atoms with E-state index in [1.807, 2.05) is 54.7 Å². The Kier molecular flexibility index (Phi) is 47.4. The van der Waals surface area contributed by atoms with E-state index in [-0.39, 0.29) is 37.5 Å². The Labute approximate surface area is 377 Å². The van der Waals surface area contributed by atoms with E-state index in [0.717, 1.165) is 51.4 Å². The average Bonchev–Trinajstić information content (AvgIpc) is 3.26. The van der Waals surface area contributed by atoms with Gasteiger partial charge in [-0.2, -0.15) is 0 Å². The quantitative estimate of drug-likeness (QED) is 0.0263. The molecule has 0 aliphatic heterocycles. The van der Waals surface area contributed by atoms with Gasteiger partial charge in [-0.1, -0.05) is 261 Å². The maximum atomic E-state index is 12.7. The molecular weight excluding hydrogens is 757 g/mol. The van der Waals surface area contributed by atoms with E-state index in [1.54, 1.807) is 0 Å². The number of hydrogen-bond acceptors (Lipinski definition) is 6. The first-order valence-corrected chi connectivity index (χ1v) is 25.9. The normalized spacial score (nSPS) is 12.5. The zero-order valence-corrected chi connectivity index (χ0v) is 40.2. The molecule has 0 amide bonds. The standard InChI is InChI=1S/C55H96O6/c1-4-7-10-13-16-19-22-25-26-27-28-31-33-36-39-42-45-48-54(57)60-51-52(61-55(58)49-46-43-40-37-34-30-24-21-18-15-12-9-6-3)50-59-53(56)47-44-41-38-35-32-29-23-20-17-14-11-8-5-2/h9,12,15,18,21,24,30,34,37,40,52H,4-8,10-11,13-14,16-17,19-20,22-23,25-29,31-33,35-36,38-39,41-51H2,1-3H3/b12-9-,18-15-,24-21-,34-30-,40-37-. The van der Waals surface area contributed by atoms with Crippen molar-refractivity contribution in [2.45, 2.75) is 258 Å². The minimum Gasteiger partial charge on any atom is -0.462 e. The summed E-state index contributed by atoms with van der Waals surface area (Å²) in [5, 5.41) is 0. The summed E-state index contributed by atoms with van der Waals surface area (Å²) in [4.78, 5) is 37.9. The molecule has 0 spiro atoms. The van der Waals surface area contributed by atoms with Crippen LogP contribution in [0.5, 0.6) is 0 Å². The first-order chi connectivity index (χ1) is 30.0. The highest BCUT2D eigenvalue weighted by Gasteiger charge is 2.19. The van der Waals surface area contributed by atoms with Gasteiger partial charge in [-0.05, 0) is 32.1 Å². The molecule has 0 rings (SSSR count). The van der Waals surface area contributed by atoms with Crippen LogP contribution in [0.15, 0.2) is 60.8 Å². The third kappa shape index (κ3) is 48.0. The van der Waals surface area contributed by atoms with Crippen LogP contribution in [-0.2, 0) is 28.6 Å². The van der Waals surface area contributed by atoms with Crippen molar-refractivity contribution in [3.63, 3.8) is 0 Å². The number of carbonyl (C=O) groups is 3. The molecule has 0 saturated heterocycles. The molecule has 0 aromatic carbocycles. The number of esters is 3. The fraction of sp³-hybridized carbons (Fsp3) is 0.764. The van der Waals surface area contributed by atoms with E-state index in [9.17, 15) is 14.4 Å². The van der Waals surface area contributed by atoms with Gasteiger partial charge in [0.1, 0.15) is 13.2 Å². The van der Waals surface area contributed by atoms with Crippen LogP contribution in [0, 0.1) is 0 Å². The van der Waals surface area contributed by atoms with Crippen LogP contribution in [0.2, 0.25) is 0 Å². The minimum atomic E-state index is -0.806. The second-order valence-electron chi connectivity index (χ2n) is 17.2. The SMILES string of the molecule is CC\C=C/C=C\C=C/C=C\C=C/CCCC(=O)OC(COC(=O)CCCCCCCCCCCCCCC)COC(=O)CCCCCCCCCCCCCCCCCCC. The third-order valence-electron chi connectivity index (χ3n) is 11.2. The smallest absolute Gasteiger partial charge is 0.306 e. The zero-order valence-electron chi connectivity index (χ0n) is 40.2. The van der Waals surface area contributed by atoms with Crippen LogP contribution in [0.3, 0.4) is 0 Å². The Morgan fingerprint density at radius 2 is 0.639 bits per heavy atom. The Bertz CT molecular complexity index is 1120. The Balaban J connectivity index is 4.41. The number of hydrogen-bond donors (Lipinski definition) is 0. The van der Waals surface area contributed by atoms with Gasteiger partial charge in [0.25, 0.3) is 0 Å². The largest absolute Gasteiger partial charge is 0.462 e. The molecular formula is C55H96O6. The molecule has 0 saturated carbocycles. The minimum absolute atomic E-state index is 0.0994. The first-order valence-electron chi connectivity index (χ1n) is 25.9. The van der Waals surface area contributed by atoms with Gasteiger partial charge in [0.15, 0.2) is 6.10 Å². The molecule has 0 aliphatic rings. The zero-order chi connectivity index (χ0) is 44.4. The maximum Gasteiger partial charge on any atom is 0.306 e. The van der Waals surface area contributed by atoms with Gasteiger partial charge in [0, 0.05) is 19.3 Å².